The molecule has 0 saturated carbocycles. The number of thiazole rings is 1. The lowest BCUT2D eigenvalue weighted by Crippen LogP contribution is -2.32. The summed E-state index contributed by atoms with van der Waals surface area (Å²) in [5.74, 6) is -0.0302. The second kappa shape index (κ2) is 9.62. The van der Waals surface area contributed by atoms with Crippen LogP contribution < -0.4 is 4.90 Å². The molecule has 0 N–H and O–H groups in total. The van der Waals surface area contributed by atoms with Crippen molar-refractivity contribution in [2.75, 3.05) is 32.1 Å². The molecule has 28 heavy (non-hydrogen) atoms. The van der Waals surface area contributed by atoms with E-state index in [2.05, 4.69) is 30.0 Å². The summed E-state index contributed by atoms with van der Waals surface area (Å²) in [6, 6.07) is 16.2. The van der Waals surface area contributed by atoms with Gasteiger partial charge < -0.3 is 4.90 Å². The molecule has 0 aliphatic rings. The molecule has 0 saturated heterocycles. The molecule has 1 heterocycles. The Bertz CT molecular complexity index is 947. The normalized spacial score (nSPS) is 11.6. The van der Waals surface area contributed by atoms with Gasteiger partial charge in [0.15, 0.2) is 5.13 Å². The second-order valence-electron chi connectivity index (χ2n) is 7.04. The van der Waals surface area contributed by atoms with Crippen LogP contribution in [0.25, 0.3) is 16.3 Å². The summed E-state index contributed by atoms with van der Waals surface area (Å²) in [7, 11) is 4.09. The first-order chi connectivity index (χ1) is 13.6. The zero-order chi connectivity index (χ0) is 19.9. The number of hydrogen-bond donors (Lipinski definition) is 0. The van der Waals surface area contributed by atoms with Gasteiger partial charge in [-0.25, -0.2) is 4.98 Å². The highest BCUT2D eigenvalue weighted by Crippen LogP contribution is 2.30. The Hall–Kier alpha value is -2.50. The second-order valence-corrected chi connectivity index (χ2v) is 8.05. The van der Waals surface area contributed by atoms with E-state index in [4.69, 9.17) is 4.98 Å². The largest absolute Gasteiger partial charge is 0.309 e. The lowest BCUT2D eigenvalue weighted by Gasteiger charge is -2.19. The van der Waals surface area contributed by atoms with Gasteiger partial charge in [0, 0.05) is 12.6 Å². The molecule has 146 valence electrons. The van der Waals surface area contributed by atoms with Crippen molar-refractivity contribution < 1.29 is 4.79 Å². The van der Waals surface area contributed by atoms with E-state index in [1.54, 1.807) is 22.3 Å². The molecule has 0 fully saturated rings. The highest BCUT2D eigenvalue weighted by Gasteiger charge is 2.18. The lowest BCUT2D eigenvalue weighted by molar-refractivity contribution is -0.114. The number of fused-ring (bicyclic) bond motifs is 1. The Labute approximate surface area is 171 Å². The number of aromatic nitrogens is 1. The molecule has 1 aromatic heterocycles. The fourth-order valence-electron chi connectivity index (χ4n) is 2.96. The zero-order valence-electron chi connectivity index (χ0n) is 16.8. The summed E-state index contributed by atoms with van der Waals surface area (Å²) in [4.78, 5) is 21.7. The first-order valence-electron chi connectivity index (χ1n) is 9.65. The van der Waals surface area contributed by atoms with Crippen molar-refractivity contribution >= 4 is 38.7 Å². The van der Waals surface area contributed by atoms with Crippen LogP contribution in [0.4, 0.5) is 5.13 Å². The van der Waals surface area contributed by atoms with Gasteiger partial charge in [-0.15, -0.1) is 0 Å². The Balaban J connectivity index is 1.85. The molecule has 3 aromatic rings. The number of aryl methyl sites for hydroxylation is 1. The average molecular weight is 394 g/mol. The van der Waals surface area contributed by atoms with Crippen molar-refractivity contribution in [3.05, 3.63) is 65.7 Å². The molecule has 0 atom stereocenters. The van der Waals surface area contributed by atoms with E-state index in [0.717, 1.165) is 40.3 Å². The van der Waals surface area contributed by atoms with Crippen LogP contribution in [-0.4, -0.2) is 43.0 Å². The smallest absolute Gasteiger partial charge is 0.252 e. The number of benzene rings is 2. The predicted octanol–water partition coefficient (Wildman–Crippen LogP) is 4.86. The molecule has 2 aromatic carbocycles. The van der Waals surface area contributed by atoms with Crippen molar-refractivity contribution in [3.8, 4) is 0 Å². The van der Waals surface area contributed by atoms with Gasteiger partial charge in [-0.2, -0.15) is 0 Å². The minimum atomic E-state index is -0.0302. The van der Waals surface area contributed by atoms with Gasteiger partial charge in [0.25, 0.3) is 5.91 Å². The van der Waals surface area contributed by atoms with E-state index < -0.39 is 0 Å². The van der Waals surface area contributed by atoms with Crippen LogP contribution in [-0.2, 0) is 11.2 Å². The van der Waals surface area contributed by atoms with E-state index in [1.165, 1.54) is 5.56 Å². The minimum absolute atomic E-state index is 0.0302. The number of carbonyl (C=O) groups is 1. The Morgan fingerprint density at radius 3 is 2.61 bits per heavy atom. The molecule has 4 nitrogen and oxygen atoms in total. The molecular weight excluding hydrogens is 366 g/mol. The molecular formula is C23H27N3OS. The van der Waals surface area contributed by atoms with E-state index in [0.29, 0.717) is 6.54 Å². The number of carbonyl (C=O) groups excluding carboxylic acids is 1. The van der Waals surface area contributed by atoms with Crippen molar-refractivity contribution in [1.82, 2.24) is 9.88 Å². The zero-order valence-corrected chi connectivity index (χ0v) is 17.6. The molecule has 0 radical (unpaired) electrons. The van der Waals surface area contributed by atoms with Crippen LogP contribution in [0.5, 0.6) is 0 Å². The Kier molecular flexibility index (Phi) is 6.95. The monoisotopic (exact) mass is 393 g/mol. The summed E-state index contributed by atoms with van der Waals surface area (Å²) in [5.41, 5.74) is 3.26. The highest BCUT2D eigenvalue weighted by molar-refractivity contribution is 7.22. The molecule has 5 heteroatoms. The van der Waals surface area contributed by atoms with Gasteiger partial charge >= 0.3 is 0 Å². The van der Waals surface area contributed by atoms with Crippen molar-refractivity contribution in [2.24, 2.45) is 0 Å². The SMILES string of the molecule is CCc1ccc2nc(N(CCCN(C)C)C(=O)/C=C/c3ccccc3)sc2c1. The van der Waals surface area contributed by atoms with E-state index in [1.807, 2.05) is 50.5 Å². The molecule has 0 unspecified atom stereocenters. The number of hydrogen-bond acceptors (Lipinski definition) is 4. The summed E-state index contributed by atoms with van der Waals surface area (Å²) in [6.07, 6.45) is 5.40. The highest BCUT2D eigenvalue weighted by atomic mass is 32.1. The number of rotatable bonds is 8. The number of anilines is 1. The fraction of sp³-hybridized carbons (Fsp3) is 0.304. The van der Waals surface area contributed by atoms with Gasteiger partial charge in [-0.1, -0.05) is 54.7 Å². The molecule has 0 aliphatic heterocycles. The molecule has 3 rings (SSSR count). The average Bonchev–Trinajstić information content (AvgIpc) is 3.12. The maximum Gasteiger partial charge on any atom is 0.252 e. The van der Waals surface area contributed by atoms with Crippen LogP contribution in [0, 0.1) is 0 Å². The van der Waals surface area contributed by atoms with Crippen molar-refractivity contribution in [2.45, 2.75) is 19.8 Å². The van der Waals surface area contributed by atoms with Gasteiger partial charge in [0.2, 0.25) is 0 Å². The first kappa shape index (κ1) is 20.2. The van der Waals surface area contributed by atoms with Gasteiger partial charge in [0.05, 0.1) is 10.2 Å². The van der Waals surface area contributed by atoms with Crippen LogP contribution in [0.2, 0.25) is 0 Å². The van der Waals surface area contributed by atoms with Crippen LogP contribution in [0.15, 0.2) is 54.6 Å². The third kappa shape index (κ3) is 5.27. The van der Waals surface area contributed by atoms with E-state index in [9.17, 15) is 4.79 Å². The van der Waals surface area contributed by atoms with Gasteiger partial charge in [0.1, 0.15) is 0 Å². The van der Waals surface area contributed by atoms with Gasteiger partial charge in [-0.05, 0) is 62.8 Å². The lowest BCUT2D eigenvalue weighted by atomic mass is 10.2. The topological polar surface area (TPSA) is 36.4 Å². The van der Waals surface area contributed by atoms with Crippen LogP contribution in [0.1, 0.15) is 24.5 Å². The van der Waals surface area contributed by atoms with Crippen LogP contribution in [0.3, 0.4) is 0 Å². The number of nitrogens with zero attached hydrogens (tertiary/aromatic N) is 3. The summed E-state index contributed by atoms with van der Waals surface area (Å²) >= 11 is 1.59. The summed E-state index contributed by atoms with van der Waals surface area (Å²) in [5, 5.41) is 0.768. The number of amides is 1. The van der Waals surface area contributed by atoms with E-state index >= 15 is 0 Å². The predicted molar refractivity (Wildman–Crippen MR) is 120 cm³/mol. The Morgan fingerprint density at radius 1 is 1.11 bits per heavy atom. The maximum atomic E-state index is 13.0. The van der Waals surface area contributed by atoms with Crippen molar-refractivity contribution in [1.29, 1.82) is 0 Å². The third-order valence-corrected chi connectivity index (χ3v) is 5.59. The Morgan fingerprint density at radius 2 is 1.89 bits per heavy atom. The standard InChI is InChI=1S/C23H27N3OS/c1-4-18-11-13-20-21(17-18)28-23(24-20)26(16-8-15-25(2)3)22(27)14-12-19-9-6-5-7-10-19/h5-7,9-14,17H,4,8,15-16H2,1-3H3/b14-12+. The molecule has 0 aliphatic carbocycles. The fourth-order valence-corrected chi connectivity index (χ4v) is 4.02. The molecule has 0 spiro atoms. The summed E-state index contributed by atoms with van der Waals surface area (Å²) < 4.78 is 1.13. The third-order valence-electron chi connectivity index (χ3n) is 4.55. The minimum Gasteiger partial charge on any atom is -0.309 e. The van der Waals surface area contributed by atoms with E-state index in [-0.39, 0.29) is 5.91 Å². The van der Waals surface area contributed by atoms with Gasteiger partial charge in [-0.3, -0.25) is 9.69 Å². The quantitative estimate of drug-likeness (QED) is 0.513. The maximum absolute atomic E-state index is 13.0. The molecule has 1 amide bonds. The summed E-state index contributed by atoms with van der Waals surface area (Å²) in [6.45, 7) is 3.72. The van der Waals surface area contributed by atoms with Crippen LogP contribution >= 0.6 is 11.3 Å². The first-order valence-corrected chi connectivity index (χ1v) is 10.5. The molecule has 0 bridgehead atoms. The van der Waals surface area contributed by atoms with Crippen molar-refractivity contribution in [3.63, 3.8) is 0 Å².